The van der Waals surface area contributed by atoms with Crippen molar-refractivity contribution in [2.75, 3.05) is 13.2 Å². The van der Waals surface area contributed by atoms with Crippen LogP contribution in [0.4, 0.5) is 0 Å². The summed E-state index contributed by atoms with van der Waals surface area (Å²) in [6, 6.07) is 8.45. The molecule has 1 aromatic carbocycles. The predicted molar refractivity (Wildman–Crippen MR) is 75.2 cm³/mol. The molecule has 1 saturated carbocycles. The maximum absolute atomic E-state index is 12.3. The minimum atomic E-state index is -0.588. The zero-order chi connectivity index (χ0) is 14.5. The van der Waals surface area contributed by atoms with Crippen LogP contribution in [-0.2, 0) is 4.79 Å². The number of rotatable bonds is 6. The fraction of sp³-hybridized carbons (Fsp3) is 0.467. The fourth-order valence-electron chi connectivity index (χ4n) is 2.15. The van der Waals surface area contributed by atoms with Crippen LogP contribution in [0.3, 0.4) is 0 Å². The number of nitrogens with zero attached hydrogens (tertiary/aromatic N) is 1. The Labute approximate surface area is 118 Å². The predicted octanol–water partition coefficient (Wildman–Crippen LogP) is 0.788. The van der Waals surface area contributed by atoms with E-state index in [0.717, 1.165) is 12.8 Å². The van der Waals surface area contributed by atoms with Gasteiger partial charge in [0.1, 0.15) is 6.04 Å². The smallest absolute Gasteiger partial charge is 0.251 e. The third-order valence-electron chi connectivity index (χ3n) is 3.37. The normalized spacial score (nSPS) is 15.5. The molecule has 0 saturated heterocycles. The monoisotopic (exact) mass is 276 g/mol. The lowest BCUT2D eigenvalue weighted by molar-refractivity contribution is -0.133. The average Bonchev–Trinajstić information content (AvgIpc) is 3.29. The zero-order valence-electron chi connectivity index (χ0n) is 11.6. The first kappa shape index (κ1) is 14.5. The average molecular weight is 276 g/mol. The number of aliphatic hydroxyl groups excluding tert-OH is 1. The lowest BCUT2D eigenvalue weighted by atomic mass is 10.2. The summed E-state index contributed by atoms with van der Waals surface area (Å²) >= 11 is 0. The van der Waals surface area contributed by atoms with Gasteiger partial charge in [-0.3, -0.25) is 9.59 Å². The summed E-state index contributed by atoms with van der Waals surface area (Å²) in [5.41, 5.74) is 0.535. The Bertz CT molecular complexity index is 471. The molecule has 2 rings (SSSR count). The van der Waals surface area contributed by atoms with E-state index in [-0.39, 0.29) is 24.5 Å². The zero-order valence-corrected chi connectivity index (χ0v) is 11.6. The molecular formula is C15H20N2O3. The van der Waals surface area contributed by atoms with Gasteiger partial charge in [-0.2, -0.15) is 0 Å². The minimum absolute atomic E-state index is 0.0540. The van der Waals surface area contributed by atoms with Gasteiger partial charge in [0, 0.05) is 18.2 Å². The van der Waals surface area contributed by atoms with Crippen molar-refractivity contribution in [1.29, 1.82) is 0 Å². The second kappa shape index (κ2) is 6.52. The lowest BCUT2D eigenvalue weighted by Gasteiger charge is -2.25. The molecule has 0 radical (unpaired) electrons. The van der Waals surface area contributed by atoms with Crippen LogP contribution in [0, 0.1) is 0 Å². The van der Waals surface area contributed by atoms with Gasteiger partial charge >= 0.3 is 0 Å². The number of nitrogens with one attached hydrogen (secondary N) is 1. The van der Waals surface area contributed by atoms with Crippen molar-refractivity contribution >= 4 is 11.8 Å². The van der Waals surface area contributed by atoms with Crippen molar-refractivity contribution in [1.82, 2.24) is 10.2 Å². The molecule has 0 aliphatic heterocycles. The second-order valence-electron chi connectivity index (χ2n) is 5.05. The highest BCUT2D eigenvalue weighted by Crippen LogP contribution is 2.27. The van der Waals surface area contributed by atoms with Crippen molar-refractivity contribution in [3.8, 4) is 0 Å². The molecule has 5 nitrogen and oxygen atoms in total. The molecule has 2 amide bonds. The van der Waals surface area contributed by atoms with Gasteiger partial charge in [0.05, 0.1) is 6.61 Å². The van der Waals surface area contributed by atoms with Crippen molar-refractivity contribution in [3.63, 3.8) is 0 Å². The molecule has 0 bridgehead atoms. The molecule has 0 heterocycles. The van der Waals surface area contributed by atoms with Crippen molar-refractivity contribution in [2.24, 2.45) is 0 Å². The Morgan fingerprint density at radius 1 is 1.35 bits per heavy atom. The third kappa shape index (κ3) is 3.57. The highest BCUT2D eigenvalue weighted by atomic mass is 16.3. The van der Waals surface area contributed by atoms with Gasteiger partial charge in [0.25, 0.3) is 5.91 Å². The van der Waals surface area contributed by atoms with E-state index in [4.69, 9.17) is 5.11 Å². The summed E-state index contributed by atoms with van der Waals surface area (Å²) in [4.78, 5) is 25.9. The van der Waals surface area contributed by atoms with Crippen LogP contribution in [-0.4, -0.2) is 47.1 Å². The summed E-state index contributed by atoms with van der Waals surface area (Å²) in [6.45, 7) is 1.95. The Hall–Kier alpha value is -1.88. The van der Waals surface area contributed by atoms with Crippen LogP contribution in [0.2, 0.25) is 0 Å². The Kier molecular flexibility index (Phi) is 4.74. The van der Waals surface area contributed by atoms with Crippen LogP contribution < -0.4 is 5.32 Å². The summed E-state index contributed by atoms with van der Waals surface area (Å²) in [7, 11) is 0. The van der Waals surface area contributed by atoms with Gasteiger partial charge in [-0.15, -0.1) is 0 Å². The number of carbonyl (C=O) groups excluding carboxylic acids is 2. The van der Waals surface area contributed by atoms with Crippen LogP contribution in [0.1, 0.15) is 30.1 Å². The summed E-state index contributed by atoms with van der Waals surface area (Å²) in [5.74, 6) is -0.392. The van der Waals surface area contributed by atoms with Gasteiger partial charge in [-0.1, -0.05) is 18.2 Å². The second-order valence-corrected chi connectivity index (χ2v) is 5.05. The Balaban J connectivity index is 1.94. The molecule has 0 spiro atoms. The lowest BCUT2D eigenvalue weighted by Crippen LogP contribution is -2.48. The van der Waals surface area contributed by atoms with Gasteiger partial charge in [0.15, 0.2) is 0 Å². The summed E-state index contributed by atoms with van der Waals surface area (Å²) < 4.78 is 0. The highest BCUT2D eigenvalue weighted by molar-refractivity contribution is 5.97. The molecule has 2 N–H and O–H groups in total. The number of amides is 2. The molecule has 1 aliphatic rings. The molecule has 20 heavy (non-hydrogen) atoms. The molecular weight excluding hydrogens is 256 g/mol. The molecule has 1 aromatic rings. The first-order valence-electron chi connectivity index (χ1n) is 6.90. The molecule has 0 aromatic heterocycles. The van der Waals surface area contributed by atoms with E-state index in [2.05, 4.69) is 5.32 Å². The van der Waals surface area contributed by atoms with E-state index in [1.165, 1.54) is 0 Å². The van der Waals surface area contributed by atoms with E-state index >= 15 is 0 Å². The van der Waals surface area contributed by atoms with Crippen LogP contribution in [0.15, 0.2) is 30.3 Å². The van der Waals surface area contributed by atoms with Gasteiger partial charge in [-0.25, -0.2) is 0 Å². The van der Waals surface area contributed by atoms with E-state index in [9.17, 15) is 9.59 Å². The molecule has 5 heteroatoms. The van der Waals surface area contributed by atoms with Gasteiger partial charge < -0.3 is 15.3 Å². The quantitative estimate of drug-likeness (QED) is 0.807. The van der Waals surface area contributed by atoms with E-state index in [0.29, 0.717) is 12.1 Å². The number of hydrogen-bond donors (Lipinski definition) is 2. The van der Waals surface area contributed by atoms with Gasteiger partial charge in [0.2, 0.25) is 5.91 Å². The SMILES string of the molecule is CC(NC(=O)c1ccccc1)C(=O)N(CCO)C1CC1. The van der Waals surface area contributed by atoms with Crippen LogP contribution >= 0.6 is 0 Å². The van der Waals surface area contributed by atoms with E-state index < -0.39 is 6.04 Å². The van der Waals surface area contributed by atoms with Crippen molar-refractivity contribution in [2.45, 2.75) is 31.8 Å². The molecule has 1 aliphatic carbocycles. The maximum Gasteiger partial charge on any atom is 0.251 e. The van der Waals surface area contributed by atoms with Crippen molar-refractivity contribution in [3.05, 3.63) is 35.9 Å². The molecule has 1 fully saturated rings. The van der Waals surface area contributed by atoms with E-state index in [1.54, 1.807) is 36.1 Å². The number of benzene rings is 1. The number of carbonyl (C=O) groups is 2. The van der Waals surface area contributed by atoms with Crippen LogP contribution in [0.25, 0.3) is 0 Å². The summed E-state index contributed by atoms with van der Waals surface area (Å²) in [6.07, 6.45) is 1.95. The van der Waals surface area contributed by atoms with E-state index in [1.807, 2.05) is 6.07 Å². The largest absolute Gasteiger partial charge is 0.395 e. The highest BCUT2D eigenvalue weighted by Gasteiger charge is 2.34. The van der Waals surface area contributed by atoms with Crippen molar-refractivity contribution < 1.29 is 14.7 Å². The minimum Gasteiger partial charge on any atom is -0.395 e. The Morgan fingerprint density at radius 3 is 2.55 bits per heavy atom. The maximum atomic E-state index is 12.3. The standard InChI is InChI=1S/C15H20N2O3/c1-11(15(20)17(9-10-18)13-7-8-13)16-14(19)12-5-3-2-4-6-12/h2-6,11,13,18H,7-10H2,1H3,(H,16,19). The first-order valence-corrected chi connectivity index (χ1v) is 6.90. The van der Waals surface area contributed by atoms with Crippen LogP contribution in [0.5, 0.6) is 0 Å². The number of aliphatic hydroxyl groups is 1. The van der Waals surface area contributed by atoms with Gasteiger partial charge in [-0.05, 0) is 31.9 Å². The first-order chi connectivity index (χ1) is 9.63. The molecule has 1 unspecified atom stereocenters. The Morgan fingerprint density at radius 2 is 2.00 bits per heavy atom. The topological polar surface area (TPSA) is 69.6 Å². The fourth-order valence-corrected chi connectivity index (χ4v) is 2.15. The molecule has 108 valence electrons. The molecule has 1 atom stereocenters. The summed E-state index contributed by atoms with van der Waals surface area (Å²) in [5, 5.41) is 11.7. The number of hydrogen-bond acceptors (Lipinski definition) is 3. The third-order valence-corrected chi connectivity index (χ3v) is 3.37.